The van der Waals surface area contributed by atoms with Crippen molar-refractivity contribution in [3.63, 3.8) is 0 Å². The van der Waals surface area contributed by atoms with E-state index in [1.165, 1.54) is 7.05 Å². The van der Waals surface area contributed by atoms with Crippen LogP contribution < -0.4 is 5.48 Å². The Morgan fingerprint density at radius 1 is 1.40 bits per heavy atom. The number of nitrogens with one attached hydrogen (secondary N) is 1. The summed E-state index contributed by atoms with van der Waals surface area (Å²) in [4.78, 5) is 10.7. The van der Waals surface area contributed by atoms with E-state index in [0.717, 1.165) is 31.6 Å². The number of benzene rings is 1. The number of methoxy groups -OCH3 is 1. The minimum atomic E-state index is -3.60. The van der Waals surface area contributed by atoms with E-state index in [9.17, 15) is 22.0 Å². The molecule has 0 aliphatic carbocycles. The van der Waals surface area contributed by atoms with Gasteiger partial charge < -0.3 is 14.5 Å². The van der Waals surface area contributed by atoms with Crippen LogP contribution in [0, 0.1) is 0 Å². The molecular weight excluding hydrogens is 310 g/mol. The Kier molecular flexibility index (Phi) is 7.53. The summed E-state index contributed by atoms with van der Waals surface area (Å²) in [5.74, 6) is -0.804. The van der Waals surface area contributed by atoms with Gasteiger partial charge in [0.25, 0.3) is 0 Å². The van der Waals surface area contributed by atoms with Crippen LogP contribution in [-0.4, -0.2) is 48.8 Å². The summed E-state index contributed by atoms with van der Waals surface area (Å²) in [5.41, 5.74) is 1.62. The molecule has 1 unspecified atom stereocenters. The normalized spacial score (nSPS) is 12.1. The molecule has 1 atom stereocenters. The zero-order chi connectivity index (χ0) is 15.9. The van der Waals surface area contributed by atoms with Gasteiger partial charge >= 0.3 is 5.97 Å². The molecule has 8 nitrogen and oxygen atoms in total. The Morgan fingerprint density at radius 3 is 2.25 bits per heavy atom. The molecule has 0 radical (unpaired) electrons. The Balaban J connectivity index is 0.00000110. The predicted molar refractivity (Wildman–Crippen MR) is 68.9 cm³/mol. The second kappa shape index (κ2) is 8.07. The van der Waals surface area contributed by atoms with E-state index < -0.39 is 26.9 Å². The Bertz CT molecular complexity index is 598. The van der Waals surface area contributed by atoms with Crippen molar-refractivity contribution < 1.29 is 31.9 Å². The van der Waals surface area contributed by atoms with E-state index in [1.807, 2.05) is 0 Å². The SMILES string of the molecule is CNO.COC(=O)c1cc(S(=O)[O-])cc(S(C)(=O)=O)c1. The first-order valence-electron chi connectivity index (χ1n) is 5.01. The fraction of sp³-hybridized carbons (Fsp3) is 0.300. The van der Waals surface area contributed by atoms with Gasteiger partial charge in [-0.2, -0.15) is 0 Å². The minimum absolute atomic E-state index is 0.130. The first-order chi connectivity index (χ1) is 9.17. The molecule has 0 aromatic heterocycles. The Morgan fingerprint density at radius 2 is 1.90 bits per heavy atom. The number of carbonyl (C=O) groups excluding carboxylic acids is 1. The number of hydrogen-bond acceptors (Lipinski definition) is 8. The number of ether oxygens (including phenoxy) is 1. The van der Waals surface area contributed by atoms with Gasteiger partial charge in [-0.1, -0.05) is 0 Å². The van der Waals surface area contributed by atoms with Crippen LogP contribution in [0.5, 0.6) is 0 Å². The van der Waals surface area contributed by atoms with Crippen molar-refractivity contribution in [2.75, 3.05) is 20.4 Å². The molecule has 2 N–H and O–H groups in total. The number of carbonyl (C=O) groups is 1. The van der Waals surface area contributed by atoms with E-state index in [1.54, 1.807) is 5.48 Å². The van der Waals surface area contributed by atoms with Crippen molar-refractivity contribution in [1.29, 1.82) is 0 Å². The monoisotopic (exact) mass is 324 g/mol. The van der Waals surface area contributed by atoms with E-state index in [2.05, 4.69) is 4.74 Å². The van der Waals surface area contributed by atoms with Crippen LogP contribution in [-0.2, 0) is 25.7 Å². The molecule has 114 valence electrons. The lowest BCUT2D eigenvalue weighted by atomic mass is 10.2. The molecule has 0 spiro atoms. The molecule has 1 aromatic rings. The maximum atomic E-state index is 11.3. The van der Waals surface area contributed by atoms with Gasteiger partial charge in [0.1, 0.15) is 0 Å². The molecule has 1 rings (SSSR count). The molecule has 20 heavy (non-hydrogen) atoms. The van der Waals surface area contributed by atoms with E-state index in [-0.39, 0.29) is 15.4 Å². The summed E-state index contributed by atoms with van der Waals surface area (Å²) in [5, 5.41) is 7.32. The van der Waals surface area contributed by atoms with Crippen molar-refractivity contribution in [2.45, 2.75) is 9.79 Å². The number of rotatable bonds is 3. The Hall–Kier alpha value is -1.33. The summed E-state index contributed by atoms with van der Waals surface area (Å²) in [6, 6.07) is 3.09. The predicted octanol–water partition coefficient (Wildman–Crippen LogP) is -0.290. The van der Waals surface area contributed by atoms with Crippen molar-refractivity contribution in [1.82, 2.24) is 5.48 Å². The number of hydrogen-bond donors (Lipinski definition) is 2. The zero-order valence-corrected chi connectivity index (χ0v) is 12.6. The summed E-state index contributed by atoms with van der Waals surface area (Å²) < 4.78 is 48.6. The van der Waals surface area contributed by atoms with Crippen molar-refractivity contribution >= 4 is 26.9 Å². The van der Waals surface area contributed by atoms with E-state index >= 15 is 0 Å². The quantitative estimate of drug-likeness (QED) is 0.440. The highest BCUT2D eigenvalue weighted by Crippen LogP contribution is 2.18. The molecule has 0 saturated carbocycles. The highest BCUT2D eigenvalue weighted by Gasteiger charge is 2.14. The van der Waals surface area contributed by atoms with Crippen LogP contribution >= 0.6 is 0 Å². The smallest absolute Gasteiger partial charge is 0.337 e. The molecular formula is C10H14NO7S2-. The van der Waals surface area contributed by atoms with Gasteiger partial charge in [0.15, 0.2) is 9.84 Å². The Labute approximate surface area is 118 Å². The summed E-state index contributed by atoms with van der Waals surface area (Å²) in [6.45, 7) is 0. The lowest BCUT2D eigenvalue weighted by Gasteiger charge is -2.09. The third-order valence-corrected chi connectivity index (χ3v) is 3.63. The minimum Gasteiger partial charge on any atom is -0.768 e. The number of esters is 1. The van der Waals surface area contributed by atoms with Gasteiger partial charge in [-0.25, -0.2) is 18.7 Å². The van der Waals surface area contributed by atoms with Crippen molar-refractivity contribution in [3.05, 3.63) is 23.8 Å². The lowest BCUT2D eigenvalue weighted by molar-refractivity contribution is 0.0600. The molecule has 0 heterocycles. The molecule has 0 bridgehead atoms. The largest absolute Gasteiger partial charge is 0.768 e. The molecule has 0 fully saturated rings. The highest BCUT2D eigenvalue weighted by molar-refractivity contribution is 7.90. The van der Waals surface area contributed by atoms with Gasteiger partial charge in [0.2, 0.25) is 0 Å². The third-order valence-electron chi connectivity index (χ3n) is 1.92. The summed E-state index contributed by atoms with van der Waals surface area (Å²) >= 11 is -2.63. The van der Waals surface area contributed by atoms with E-state index in [4.69, 9.17) is 5.21 Å². The fourth-order valence-electron chi connectivity index (χ4n) is 1.12. The number of hydroxylamine groups is 1. The van der Waals surface area contributed by atoms with Crippen molar-refractivity contribution in [3.8, 4) is 0 Å². The topological polar surface area (TPSA) is 133 Å². The molecule has 0 aliphatic rings. The summed E-state index contributed by atoms with van der Waals surface area (Å²) in [6.07, 6.45) is 0.918. The first kappa shape index (κ1) is 18.7. The van der Waals surface area contributed by atoms with Crippen molar-refractivity contribution in [2.24, 2.45) is 0 Å². The van der Waals surface area contributed by atoms with Crippen LogP contribution in [0.15, 0.2) is 28.0 Å². The van der Waals surface area contributed by atoms with Gasteiger partial charge in [-0.3, -0.25) is 4.21 Å². The van der Waals surface area contributed by atoms with Crippen LogP contribution in [0.3, 0.4) is 0 Å². The van der Waals surface area contributed by atoms with Crippen LogP contribution in [0.2, 0.25) is 0 Å². The van der Waals surface area contributed by atoms with Gasteiger partial charge in [0.05, 0.1) is 17.6 Å². The first-order valence-corrected chi connectivity index (χ1v) is 7.97. The van der Waals surface area contributed by atoms with Crippen LogP contribution in [0.4, 0.5) is 0 Å². The number of sulfone groups is 1. The second-order valence-electron chi connectivity index (χ2n) is 3.42. The van der Waals surface area contributed by atoms with E-state index in [0.29, 0.717) is 0 Å². The standard InChI is InChI=1S/C9H10O6S2.CH5NO/c1-15-9(10)6-3-7(16(11)12)5-8(4-6)17(2,13)14;1-2-3/h3-5H,1-2H3,(H,11,12);2-3H,1H3/p-1. The molecule has 0 amide bonds. The van der Waals surface area contributed by atoms with Crippen LogP contribution in [0.1, 0.15) is 10.4 Å². The highest BCUT2D eigenvalue weighted by atomic mass is 32.2. The van der Waals surface area contributed by atoms with Gasteiger partial charge in [0, 0.05) is 18.2 Å². The fourth-order valence-corrected chi connectivity index (χ4v) is 2.32. The maximum absolute atomic E-state index is 11.3. The average Bonchev–Trinajstić information content (AvgIpc) is 2.37. The second-order valence-corrected chi connectivity index (χ2v) is 6.37. The molecule has 10 heteroatoms. The van der Waals surface area contributed by atoms with Gasteiger partial charge in [-0.05, 0) is 29.3 Å². The molecule has 0 saturated heterocycles. The molecule has 1 aromatic carbocycles. The van der Waals surface area contributed by atoms with Gasteiger partial charge in [-0.15, -0.1) is 0 Å². The zero-order valence-electron chi connectivity index (χ0n) is 10.9. The summed E-state index contributed by atoms with van der Waals surface area (Å²) in [7, 11) is -1.06. The van der Waals surface area contributed by atoms with Crippen LogP contribution in [0.25, 0.3) is 0 Å². The lowest BCUT2D eigenvalue weighted by Crippen LogP contribution is -2.06. The molecule has 0 aliphatic heterocycles. The maximum Gasteiger partial charge on any atom is 0.337 e. The average molecular weight is 324 g/mol. The third kappa shape index (κ3) is 5.75.